The third-order valence-electron chi connectivity index (χ3n) is 2.02. The van der Waals surface area contributed by atoms with Crippen LogP contribution in [0.2, 0.25) is 0 Å². The highest BCUT2D eigenvalue weighted by molar-refractivity contribution is 5.74. The summed E-state index contributed by atoms with van der Waals surface area (Å²) in [5, 5.41) is 0. The van der Waals surface area contributed by atoms with Crippen LogP contribution in [0.5, 0.6) is 0 Å². The molecular formula is C11H16N2O2. The summed E-state index contributed by atoms with van der Waals surface area (Å²) < 4.78 is 69.9. The maximum absolute atomic E-state index is 12.1. The lowest BCUT2D eigenvalue weighted by molar-refractivity contribution is -0.141. The Hall–Kier alpha value is -1.32. The maximum atomic E-state index is 12.1. The van der Waals surface area contributed by atoms with Crippen LogP contribution in [0.4, 0.5) is 0 Å². The predicted molar refractivity (Wildman–Crippen MR) is 55.1 cm³/mol. The molecule has 0 aliphatic carbocycles. The fourth-order valence-electron chi connectivity index (χ4n) is 1.22. The maximum Gasteiger partial charge on any atom is 0.309 e. The highest BCUT2D eigenvalue weighted by atomic mass is 16.5. The summed E-state index contributed by atoms with van der Waals surface area (Å²) >= 11 is 0. The highest BCUT2D eigenvalue weighted by Crippen LogP contribution is 2.27. The van der Waals surface area contributed by atoms with E-state index >= 15 is 0 Å². The Morgan fingerprint density at radius 2 is 2.73 bits per heavy atom. The van der Waals surface area contributed by atoms with E-state index in [4.69, 9.17) is 11.0 Å². The van der Waals surface area contributed by atoms with Crippen LogP contribution in [0, 0.1) is 11.8 Å². The van der Waals surface area contributed by atoms with Gasteiger partial charge in [-0.1, -0.05) is 6.92 Å². The number of hydrogen-bond donors (Lipinski definition) is 0. The topological polar surface area (TPSA) is 44.1 Å². The van der Waals surface area contributed by atoms with Gasteiger partial charge in [0.25, 0.3) is 0 Å². The second kappa shape index (κ2) is 4.04. The Bertz CT molecular complexity index is 655. The molecule has 82 valence electrons. The van der Waals surface area contributed by atoms with Crippen molar-refractivity contribution in [3.05, 3.63) is 18.2 Å². The van der Waals surface area contributed by atoms with E-state index in [2.05, 4.69) is 9.72 Å². The number of carbonyl (C=O) groups excluding carboxylic acids is 1. The summed E-state index contributed by atoms with van der Waals surface area (Å²) in [6, 6.07) is 0. The predicted octanol–water partition coefficient (Wildman–Crippen LogP) is 1.16. The first-order chi connectivity index (χ1) is 10.1. The zero-order valence-electron chi connectivity index (χ0n) is 16.4. The number of esters is 1. The second-order valence-corrected chi connectivity index (χ2v) is 3.01. The number of rotatable bonds is 3. The van der Waals surface area contributed by atoms with Crippen molar-refractivity contribution in [1.82, 2.24) is 9.55 Å². The number of ether oxygens (including phenoxy) is 1. The third kappa shape index (κ3) is 1.89. The lowest BCUT2D eigenvalue weighted by Gasteiger charge is -2.12. The number of imidazole rings is 1. The first kappa shape index (κ1) is 4.28. The molecule has 2 heterocycles. The molecule has 4 heteroatoms. The molecule has 1 aliphatic rings. The Morgan fingerprint density at radius 3 is 3.33 bits per heavy atom. The number of aryl methyl sites for hydroxylation is 1. The van der Waals surface area contributed by atoms with Crippen LogP contribution in [0.15, 0.2) is 12.5 Å². The smallest absolute Gasteiger partial charge is 0.309 e. The molecule has 0 amide bonds. The van der Waals surface area contributed by atoms with Gasteiger partial charge in [-0.15, -0.1) is 0 Å². The number of carbonyl (C=O) groups is 1. The van der Waals surface area contributed by atoms with E-state index in [1.54, 1.807) is 0 Å². The van der Waals surface area contributed by atoms with Gasteiger partial charge < -0.3 is 9.30 Å². The number of aromatic nitrogens is 2. The number of cyclic esters (lactones) is 1. The van der Waals surface area contributed by atoms with Gasteiger partial charge in [0, 0.05) is 33.1 Å². The highest BCUT2D eigenvalue weighted by Gasteiger charge is 2.35. The van der Waals surface area contributed by atoms with Gasteiger partial charge in [-0.05, 0) is 12.7 Å². The van der Waals surface area contributed by atoms with Gasteiger partial charge in [0.2, 0.25) is 0 Å². The zero-order chi connectivity index (χ0) is 18.1. The van der Waals surface area contributed by atoms with E-state index in [0.717, 1.165) is 13.1 Å². The van der Waals surface area contributed by atoms with Gasteiger partial charge >= 0.3 is 5.97 Å². The monoisotopic (exact) mass is 216 g/mol. The normalized spacial score (nSPS) is 48.5. The lowest BCUT2D eigenvalue weighted by Crippen LogP contribution is -2.18. The van der Waals surface area contributed by atoms with Gasteiger partial charge in [-0.2, -0.15) is 0 Å². The lowest BCUT2D eigenvalue weighted by atomic mass is 9.89. The first-order valence-electron chi connectivity index (χ1n) is 8.35. The van der Waals surface area contributed by atoms with E-state index in [-0.39, 0.29) is 5.69 Å². The minimum atomic E-state index is -3.22. The molecule has 15 heavy (non-hydrogen) atoms. The standard InChI is InChI=1S/C11H16N2O2/c1-3-10-8(6-15-11(10)14)4-9-5-12-7-13(9)2/h5,7-8,10H,3-4,6H2,1-2H3/t8-,10-/m0/s1/i3D2,4D2,6D2,8D,10D. The Labute approximate surface area is 100 Å². The average molecular weight is 216 g/mol. The molecule has 0 radical (unpaired) electrons. The van der Waals surface area contributed by atoms with E-state index in [0.29, 0.717) is 0 Å². The Morgan fingerprint density at radius 1 is 1.93 bits per heavy atom. The molecule has 1 saturated heterocycles. The summed E-state index contributed by atoms with van der Waals surface area (Å²) in [5.41, 5.74) is -0.268. The Balaban J connectivity index is 2.82. The molecule has 2 rings (SSSR count). The van der Waals surface area contributed by atoms with E-state index in [9.17, 15) is 4.79 Å². The molecule has 1 aliphatic heterocycles. The molecular weight excluding hydrogens is 192 g/mol. The van der Waals surface area contributed by atoms with Gasteiger partial charge in [-0.3, -0.25) is 4.79 Å². The molecule has 1 fully saturated rings. The molecule has 0 bridgehead atoms. The van der Waals surface area contributed by atoms with E-state index in [1.165, 1.54) is 17.9 Å². The van der Waals surface area contributed by atoms with Crippen molar-refractivity contribution < 1.29 is 20.5 Å². The molecule has 1 aromatic heterocycles. The van der Waals surface area contributed by atoms with Crippen molar-refractivity contribution in [3.63, 3.8) is 0 Å². The SMILES string of the molecule is [2H]C1([2H])OC(=O)[C@@]([2H])(C([2H])([2H])C)[C@@]1([2H])C([2H])([2H])c1cncn1C. The molecule has 0 saturated carbocycles. The first-order valence-corrected chi connectivity index (χ1v) is 4.35. The van der Waals surface area contributed by atoms with Crippen LogP contribution in [-0.4, -0.2) is 22.1 Å². The average Bonchev–Trinajstić information content (AvgIpc) is 2.85. The van der Waals surface area contributed by atoms with Gasteiger partial charge in [0.15, 0.2) is 0 Å². The molecule has 0 spiro atoms. The molecule has 0 unspecified atom stereocenters. The van der Waals surface area contributed by atoms with Crippen molar-refractivity contribution in [2.75, 3.05) is 6.56 Å². The van der Waals surface area contributed by atoms with Gasteiger partial charge in [0.05, 0.1) is 21.5 Å². The van der Waals surface area contributed by atoms with Crippen molar-refractivity contribution >= 4 is 5.97 Å². The molecule has 1 aromatic rings. The summed E-state index contributed by atoms with van der Waals surface area (Å²) in [6.07, 6.45) is -3.42. The fourth-order valence-corrected chi connectivity index (χ4v) is 1.22. The fraction of sp³-hybridized carbons (Fsp3) is 0.636. The van der Waals surface area contributed by atoms with E-state index < -0.39 is 37.1 Å². The molecule has 0 aromatic carbocycles. The van der Waals surface area contributed by atoms with Crippen molar-refractivity contribution in [1.29, 1.82) is 0 Å². The summed E-state index contributed by atoms with van der Waals surface area (Å²) in [5.74, 6) is -7.95. The van der Waals surface area contributed by atoms with Crippen molar-refractivity contribution in [2.45, 2.75) is 19.7 Å². The molecule has 0 N–H and O–H groups in total. The van der Waals surface area contributed by atoms with Crippen LogP contribution >= 0.6 is 0 Å². The summed E-state index contributed by atoms with van der Waals surface area (Å²) in [6.45, 7) is -2.39. The minimum Gasteiger partial charge on any atom is -0.465 e. The minimum absolute atomic E-state index is 0.268. The number of hydrogen-bond acceptors (Lipinski definition) is 3. The molecule has 4 nitrogen and oxygen atoms in total. The second-order valence-electron chi connectivity index (χ2n) is 3.01. The van der Waals surface area contributed by atoms with Crippen LogP contribution in [-0.2, 0) is 23.0 Å². The van der Waals surface area contributed by atoms with Crippen LogP contribution in [0.25, 0.3) is 0 Å². The van der Waals surface area contributed by atoms with E-state index in [1.807, 2.05) is 0 Å². The van der Waals surface area contributed by atoms with Gasteiger partial charge in [0.1, 0.15) is 0 Å². The molecule has 2 atom stereocenters. The summed E-state index contributed by atoms with van der Waals surface area (Å²) in [4.78, 5) is 15.8. The summed E-state index contributed by atoms with van der Waals surface area (Å²) in [7, 11) is 1.41. The number of nitrogens with zero attached hydrogens (tertiary/aromatic N) is 2. The Kier molecular flexibility index (Phi) is 1.15. The third-order valence-corrected chi connectivity index (χ3v) is 2.02. The van der Waals surface area contributed by atoms with Crippen LogP contribution < -0.4 is 0 Å². The quantitative estimate of drug-likeness (QED) is 0.712. The van der Waals surface area contributed by atoms with Gasteiger partial charge in [-0.25, -0.2) is 4.98 Å². The van der Waals surface area contributed by atoms with Crippen molar-refractivity contribution in [3.8, 4) is 0 Å². The zero-order valence-corrected chi connectivity index (χ0v) is 8.37. The van der Waals surface area contributed by atoms with Crippen molar-refractivity contribution in [2.24, 2.45) is 18.8 Å². The van der Waals surface area contributed by atoms with Crippen LogP contribution in [0.3, 0.4) is 0 Å². The van der Waals surface area contributed by atoms with Crippen LogP contribution in [0.1, 0.15) is 30.0 Å². The largest absolute Gasteiger partial charge is 0.465 e.